The molecule has 0 saturated heterocycles. The smallest absolute Gasteiger partial charge is 0.155 e. The van der Waals surface area contributed by atoms with Gasteiger partial charge < -0.3 is 0 Å². The number of halogens is 1. The van der Waals surface area contributed by atoms with Crippen molar-refractivity contribution in [2.75, 3.05) is 0 Å². The minimum absolute atomic E-state index is 0.0611. The van der Waals surface area contributed by atoms with E-state index in [1.54, 1.807) is 16.9 Å². The molecule has 0 aliphatic carbocycles. The molecule has 0 amide bonds. The lowest BCUT2D eigenvalue weighted by Gasteiger charge is -2.18. The van der Waals surface area contributed by atoms with Crippen LogP contribution in [0.3, 0.4) is 0 Å². The molecule has 3 rings (SSSR count). The Morgan fingerprint density at radius 2 is 1.85 bits per heavy atom. The van der Waals surface area contributed by atoms with Crippen LogP contribution in [0.15, 0.2) is 24.8 Å². The van der Waals surface area contributed by atoms with Crippen LogP contribution in [0.4, 0.5) is 0 Å². The van der Waals surface area contributed by atoms with Gasteiger partial charge in [0.2, 0.25) is 0 Å². The minimum Gasteiger partial charge on any atom is -0.267 e. The van der Waals surface area contributed by atoms with Gasteiger partial charge in [-0.25, -0.2) is 9.50 Å². The highest BCUT2D eigenvalue weighted by Gasteiger charge is 2.16. The van der Waals surface area contributed by atoms with Crippen LogP contribution >= 0.6 is 11.6 Å². The van der Waals surface area contributed by atoms with Gasteiger partial charge in [0.25, 0.3) is 0 Å². The molecule has 6 heteroatoms. The molecule has 0 spiro atoms. The topological polar surface area (TPSA) is 48.0 Å². The Morgan fingerprint density at radius 1 is 1.10 bits per heavy atom. The summed E-state index contributed by atoms with van der Waals surface area (Å²) in [4.78, 5) is 4.45. The van der Waals surface area contributed by atoms with E-state index in [1.807, 2.05) is 24.0 Å². The van der Waals surface area contributed by atoms with Crippen molar-refractivity contribution in [1.29, 1.82) is 0 Å². The summed E-state index contributed by atoms with van der Waals surface area (Å²) in [7, 11) is 0. The predicted octanol–water partition coefficient (Wildman–Crippen LogP) is 3.31. The summed E-state index contributed by atoms with van der Waals surface area (Å²) in [5.74, 6) is 0. The average molecular weight is 290 g/mol. The molecule has 0 unspecified atom stereocenters. The van der Waals surface area contributed by atoms with Gasteiger partial charge in [0.05, 0.1) is 29.8 Å². The number of hydrogen-bond acceptors (Lipinski definition) is 3. The highest BCUT2D eigenvalue weighted by molar-refractivity contribution is 6.32. The van der Waals surface area contributed by atoms with Crippen molar-refractivity contribution in [1.82, 2.24) is 24.4 Å². The third-order valence-corrected chi connectivity index (χ3v) is 3.47. The van der Waals surface area contributed by atoms with Crippen molar-refractivity contribution in [2.45, 2.75) is 33.2 Å². The molecule has 3 heterocycles. The summed E-state index contributed by atoms with van der Waals surface area (Å²) in [5, 5.41) is 9.13. The molecule has 0 aromatic carbocycles. The van der Waals surface area contributed by atoms with Gasteiger partial charge in [-0.2, -0.15) is 10.2 Å². The zero-order valence-electron chi connectivity index (χ0n) is 11.9. The van der Waals surface area contributed by atoms with Gasteiger partial charge in [-0.05, 0) is 33.3 Å². The maximum atomic E-state index is 6.26. The third-order valence-electron chi connectivity index (χ3n) is 3.20. The SMILES string of the molecule is Cc1cnn2cc(-c3cnn(C(C)(C)C)c3)nc(Cl)c12. The second-order valence-electron chi connectivity index (χ2n) is 5.88. The van der Waals surface area contributed by atoms with E-state index in [1.165, 1.54) is 0 Å². The molecule has 0 saturated carbocycles. The first-order valence-electron chi connectivity index (χ1n) is 6.42. The number of aryl methyl sites for hydroxylation is 1. The van der Waals surface area contributed by atoms with Crippen LogP contribution in [0.5, 0.6) is 0 Å². The molecule has 104 valence electrons. The van der Waals surface area contributed by atoms with Crippen molar-refractivity contribution in [3.05, 3.63) is 35.5 Å². The summed E-state index contributed by atoms with van der Waals surface area (Å²) < 4.78 is 3.67. The van der Waals surface area contributed by atoms with Crippen LogP contribution in [0.25, 0.3) is 16.8 Å². The van der Waals surface area contributed by atoms with E-state index in [-0.39, 0.29) is 5.54 Å². The number of fused-ring (bicyclic) bond motifs is 1. The molecule has 0 N–H and O–H groups in total. The highest BCUT2D eigenvalue weighted by atomic mass is 35.5. The largest absolute Gasteiger partial charge is 0.267 e. The molecule has 20 heavy (non-hydrogen) atoms. The summed E-state index contributed by atoms with van der Waals surface area (Å²) in [6.45, 7) is 8.27. The lowest BCUT2D eigenvalue weighted by atomic mass is 10.1. The van der Waals surface area contributed by atoms with E-state index in [2.05, 4.69) is 36.0 Å². The second-order valence-corrected chi connectivity index (χ2v) is 6.24. The number of rotatable bonds is 1. The molecule has 0 fully saturated rings. The zero-order chi connectivity index (χ0) is 14.5. The zero-order valence-corrected chi connectivity index (χ0v) is 12.7. The number of nitrogens with zero attached hydrogens (tertiary/aromatic N) is 5. The molecule has 5 nitrogen and oxygen atoms in total. The Kier molecular flexibility index (Phi) is 2.83. The Labute approximate surface area is 122 Å². The lowest BCUT2D eigenvalue weighted by molar-refractivity contribution is 0.355. The van der Waals surface area contributed by atoms with E-state index >= 15 is 0 Å². The van der Waals surface area contributed by atoms with Gasteiger partial charge in [-0.3, -0.25) is 4.68 Å². The summed E-state index contributed by atoms with van der Waals surface area (Å²) >= 11 is 6.26. The summed E-state index contributed by atoms with van der Waals surface area (Å²) in [5.41, 5.74) is 3.49. The molecular formula is C14H16ClN5. The molecule has 3 aromatic rings. The van der Waals surface area contributed by atoms with E-state index in [0.29, 0.717) is 5.15 Å². The Morgan fingerprint density at radius 3 is 2.50 bits per heavy atom. The average Bonchev–Trinajstić information content (AvgIpc) is 2.95. The molecule has 0 aliphatic heterocycles. The van der Waals surface area contributed by atoms with Crippen molar-refractivity contribution >= 4 is 17.1 Å². The predicted molar refractivity (Wildman–Crippen MR) is 79.0 cm³/mol. The molecule has 0 bridgehead atoms. The van der Waals surface area contributed by atoms with E-state index in [0.717, 1.165) is 22.3 Å². The fourth-order valence-corrected chi connectivity index (χ4v) is 2.39. The Bertz CT molecular complexity index is 779. The fraction of sp³-hybridized carbons (Fsp3) is 0.357. The second kappa shape index (κ2) is 4.31. The van der Waals surface area contributed by atoms with Gasteiger partial charge in [0, 0.05) is 11.8 Å². The first-order chi connectivity index (χ1) is 9.36. The first kappa shape index (κ1) is 13.1. The maximum Gasteiger partial charge on any atom is 0.155 e. The molecule has 0 aliphatic rings. The minimum atomic E-state index is -0.0611. The Hall–Kier alpha value is -1.88. The standard InChI is InChI=1S/C14H16ClN5/c1-9-5-16-19-8-11(18-13(15)12(9)19)10-6-17-20(7-10)14(2,3)4/h5-8H,1-4H3. The molecular weight excluding hydrogens is 274 g/mol. The van der Waals surface area contributed by atoms with E-state index < -0.39 is 0 Å². The van der Waals surface area contributed by atoms with Crippen molar-refractivity contribution < 1.29 is 0 Å². The Balaban J connectivity index is 2.13. The highest BCUT2D eigenvalue weighted by Crippen LogP contribution is 2.25. The van der Waals surface area contributed by atoms with Gasteiger partial charge in [-0.15, -0.1) is 0 Å². The van der Waals surface area contributed by atoms with Crippen LogP contribution in [0, 0.1) is 6.92 Å². The van der Waals surface area contributed by atoms with Gasteiger partial charge >= 0.3 is 0 Å². The van der Waals surface area contributed by atoms with Crippen molar-refractivity contribution in [3.63, 3.8) is 0 Å². The van der Waals surface area contributed by atoms with Gasteiger partial charge in [0.1, 0.15) is 5.52 Å². The van der Waals surface area contributed by atoms with Crippen molar-refractivity contribution in [3.8, 4) is 11.3 Å². The monoisotopic (exact) mass is 289 g/mol. The lowest BCUT2D eigenvalue weighted by Crippen LogP contribution is -2.21. The summed E-state index contributed by atoms with van der Waals surface area (Å²) in [6.07, 6.45) is 7.43. The normalized spacial score (nSPS) is 12.2. The number of hydrogen-bond donors (Lipinski definition) is 0. The third kappa shape index (κ3) is 2.08. The number of aromatic nitrogens is 5. The quantitative estimate of drug-likeness (QED) is 0.690. The molecule has 0 atom stereocenters. The van der Waals surface area contributed by atoms with E-state index in [9.17, 15) is 0 Å². The van der Waals surface area contributed by atoms with Crippen LogP contribution in [-0.4, -0.2) is 24.4 Å². The van der Waals surface area contributed by atoms with Crippen LogP contribution in [-0.2, 0) is 5.54 Å². The van der Waals surface area contributed by atoms with Crippen LogP contribution < -0.4 is 0 Å². The summed E-state index contributed by atoms with van der Waals surface area (Å²) in [6, 6.07) is 0. The van der Waals surface area contributed by atoms with Crippen molar-refractivity contribution in [2.24, 2.45) is 0 Å². The van der Waals surface area contributed by atoms with E-state index in [4.69, 9.17) is 11.6 Å². The molecule has 3 aromatic heterocycles. The van der Waals surface area contributed by atoms with Gasteiger partial charge in [0.15, 0.2) is 5.15 Å². The first-order valence-corrected chi connectivity index (χ1v) is 6.80. The van der Waals surface area contributed by atoms with Crippen LogP contribution in [0.2, 0.25) is 5.15 Å². The molecule has 0 radical (unpaired) electrons. The maximum absolute atomic E-state index is 6.26. The van der Waals surface area contributed by atoms with Crippen LogP contribution in [0.1, 0.15) is 26.3 Å². The fourth-order valence-electron chi connectivity index (χ4n) is 2.07. The van der Waals surface area contributed by atoms with Gasteiger partial charge in [-0.1, -0.05) is 11.6 Å².